The van der Waals surface area contributed by atoms with Crippen LogP contribution in [0.15, 0.2) is 24.4 Å². The lowest BCUT2D eigenvalue weighted by atomic mass is 9.55. The van der Waals surface area contributed by atoms with E-state index in [2.05, 4.69) is 0 Å². The third-order valence-electron chi connectivity index (χ3n) is 4.86. The molecule has 2 bridgehead atoms. The number of allylic oxidation sites excluding steroid dienone is 1. The SMILES string of the molecule is CC(=O)[C@]12C=CN(S(=O)(=O)C(F)(F)F)[C@H]1[C@H]1C=C[C@@H]2CC1. The molecule has 0 radical (unpaired) electrons. The van der Waals surface area contributed by atoms with Gasteiger partial charge in [-0.1, -0.05) is 18.2 Å². The summed E-state index contributed by atoms with van der Waals surface area (Å²) in [5.41, 5.74) is -6.53. The third kappa shape index (κ3) is 1.68. The normalized spacial score (nSPS) is 37.9. The number of ketones is 1. The highest BCUT2D eigenvalue weighted by atomic mass is 32.2. The van der Waals surface area contributed by atoms with Crippen LogP contribution in [-0.4, -0.2) is 30.1 Å². The molecule has 4 nitrogen and oxygen atoms in total. The molecular weight excluding hydrogens is 307 g/mol. The smallest absolute Gasteiger partial charge is 0.299 e. The summed E-state index contributed by atoms with van der Waals surface area (Å²) in [4.78, 5) is 12.1. The highest BCUT2D eigenvalue weighted by molar-refractivity contribution is 7.90. The Bertz CT molecular complexity index is 652. The molecule has 0 amide bonds. The third-order valence-corrected chi connectivity index (χ3v) is 6.35. The van der Waals surface area contributed by atoms with Gasteiger partial charge in [-0.05, 0) is 31.6 Å². The summed E-state index contributed by atoms with van der Waals surface area (Å²) < 4.78 is 62.4. The Morgan fingerprint density at radius 1 is 1.29 bits per heavy atom. The number of hydrogen-bond acceptors (Lipinski definition) is 3. The number of carbonyl (C=O) groups excluding carboxylic acids is 1. The second kappa shape index (κ2) is 4.12. The van der Waals surface area contributed by atoms with Gasteiger partial charge in [0.25, 0.3) is 0 Å². The summed E-state index contributed by atoms with van der Waals surface area (Å²) in [6, 6.07) is -0.995. The van der Waals surface area contributed by atoms with Gasteiger partial charge in [0.2, 0.25) is 0 Å². The molecule has 1 fully saturated rings. The zero-order valence-electron chi connectivity index (χ0n) is 11.2. The molecule has 0 aromatic carbocycles. The minimum absolute atomic E-state index is 0.241. The summed E-state index contributed by atoms with van der Waals surface area (Å²) in [6.07, 6.45) is 7.12. The number of Topliss-reactive ketones (excluding diaryl/α,β-unsaturated/α-hetero) is 1. The fourth-order valence-corrected chi connectivity index (χ4v) is 5.01. The molecule has 4 atom stereocenters. The zero-order chi connectivity index (χ0) is 15.6. The highest BCUT2D eigenvalue weighted by Crippen LogP contribution is 2.56. The molecule has 3 aliphatic carbocycles. The number of fused-ring (bicyclic) bond motifs is 1. The van der Waals surface area contributed by atoms with E-state index >= 15 is 0 Å². The van der Waals surface area contributed by atoms with Gasteiger partial charge in [0.1, 0.15) is 5.78 Å². The molecule has 0 aromatic rings. The zero-order valence-corrected chi connectivity index (χ0v) is 12.0. The average molecular weight is 321 g/mol. The number of hydrogen-bond donors (Lipinski definition) is 0. The van der Waals surface area contributed by atoms with Crippen LogP contribution in [0.25, 0.3) is 0 Å². The molecule has 0 spiro atoms. The predicted molar refractivity (Wildman–Crippen MR) is 68.2 cm³/mol. The van der Waals surface area contributed by atoms with Gasteiger partial charge in [-0.25, -0.2) is 0 Å². The maximum absolute atomic E-state index is 12.8. The lowest BCUT2D eigenvalue weighted by Gasteiger charge is -2.51. The molecule has 21 heavy (non-hydrogen) atoms. The number of nitrogens with zero attached hydrogens (tertiary/aromatic N) is 1. The van der Waals surface area contributed by atoms with Gasteiger partial charge in [0.05, 0.1) is 11.5 Å². The van der Waals surface area contributed by atoms with E-state index in [4.69, 9.17) is 0 Å². The molecular formula is C13H14F3NO3S. The van der Waals surface area contributed by atoms with Crippen molar-refractivity contribution in [3.05, 3.63) is 24.4 Å². The van der Waals surface area contributed by atoms with Crippen molar-refractivity contribution in [2.45, 2.75) is 31.3 Å². The fraction of sp³-hybridized carbons (Fsp3) is 0.615. The lowest BCUT2D eigenvalue weighted by Crippen LogP contribution is -2.59. The van der Waals surface area contributed by atoms with E-state index in [-0.39, 0.29) is 17.6 Å². The van der Waals surface area contributed by atoms with E-state index in [1.54, 1.807) is 6.08 Å². The Morgan fingerprint density at radius 3 is 2.43 bits per heavy atom. The van der Waals surface area contributed by atoms with Crippen molar-refractivity contribution in [3.8, 4) is 0 Å². The Morgan fingerprint density at radius 2 is 1.95 bits per heavy atom. The maximum Gasteiger partial charge on any atom is 0.516 e. The molecule has 1 heterocycles. The highest BCUT2D eigenvalue weighted by Gasteiger charge is 2.64. The van der Waals surface area contributed by atoms with Gasteiger partial charge in [-0.2, -0.15) is 21.6 Å². The second-order valence-electron chi connectivity index (χ2n) is 5.76. The topological polar surface area (TPSA) is 54.5 Å². The van der Waals surface area contributed by atoms with Crippen LogP contribution in [0.2, 0.25) is 0 Å². The van der Waals surface area contributed by atoms with Crippen LogP contribution < -0.4 is 0 Å². The number of rotatable bonds is 2. The quantitative estimate of drug-likeness (QED) is 0.733. The Kier molecular flexibility index (Phi) is 2.87. The molecule has 1 aliphatic heterocycles. The van der Waals surface area contributed by atoms with Gasteiger partial charge in [0, 0.05) is 6.20 Å². The second-order valence-corrected chi connectivity index (χ2v) is 7.60. The molecule has 8 heteroatoms. The van der Waals surface area contributed by atoms with Crippen molar-refractivity contribution in [1.82, 2.24) is 4.31 Å². The van der Waals surface area contributed by atoms with E-state index in [9.17, 15) is 26.4 Å². The molecule has 116 valence electrons. The van der Waals surface area contributed by atoms with E-state index in [1.807, 2.05) is 6.08 Å². The molecule has 4 rings (SSSR count). The summed E-state index contributed by atoms with van der Waals surface area (Å²) in [6.45, 7) is 1.32. The first kappa shape index (κ1) is 14.6. The van der Waals surface area contributed by atoms with Gasteiger partial charge < -0.3 is 0 Å². The van der Waals surface area contributed by atoms with Crippen molar-refractivity contribution in [1.29, 1.82) is 0 Å². The average Bonchev–Trinajstić information content (AvgIpc) is 2.82. The van der Waals surface area contributed by atoms with Crippen LogP contribution in [0.3, 0.4) is 0 Å². The van der Waals surface area contributed by atoms with Crippen LogP contribution in [0.5, 0.6) is 0 Å². The Balaban J connectivity index is 2.13. The van der Waals surface area contributed by atoms with Crippen LogP contribution in [0.4, 0.5) is 13.2 Å². The number of sulfonamides is 1. The van der Waals surface area contributed by atoms with E-state index < -0.39 is 27.0 Å². The van der Waals surface area contributed by atoms with Crippen molar-refractivity contribution >= 4 is 15.8 Å². The summed E-state index contributed by atoms with van der Waals surface area (Å²) in [5, 5.41) is 0. The molecule has 4 aliphatic rings. The molecule has 1 saturated carbocycles. The number of alkyl halides is 3. The van der Waals surface area contributed by atoms with Crippen LogP contribution >= 0.6 is 0 Å². The maximum atomic E-state index is 12.8. The van der Waals surface area contributed by atoms with Gasteiger partial charge >= 0.3 is 15.5 Å². The van der Waals surface area contributed by atoms with Gasteiger partial charge in [-0.15, -0.1) is 0 Å². The summed E-state index contributed by atoms with van der Waals surface area (Å²) in [5.74, 6) is -0.900. The lowest BCUT2D eigenvalue weighted by molar-refractivity contribution is -0.131. The van der Waals surface area contributed by atoms with Crippen molar-refractivity contribution in [2.75, 3.05) is 0 Å². The standard InChI is InChI=1S/C13H14F3NO3S/c1-8(18)12-6-7-17(21(19,20)13(14,15)16)11(12)9-2-4-10(12)5-3-9/h2,4,6-7,9-11H,3,5H2,1H3/t9-,10+,11-,12-/m0/s1. The monoisotopic (exact) mass is 321 g/mol. The molecule has 0 unspecified atom stereocenters. The minimum atomic E-state index is -5.48. The Labute approximate surface area is 120 Å². The van der Waals surface area contributed by atoms with Crippen molar-refractivity contribution < 1.29 is 26.4 Å². The van der Waals surface area contributed by atoms with Crippen LogP contribution in [-0.2, 0) is 14.8 Å². The van der Waals surface area contributed by atoms with E-state index in [0.29, 0.717) is 17.1 Å². The first-order chi connectivity index (χ1) is 9.62. The van der Waals surface area contributed by atoms with Gasteiger partial charge in [-0.3, -0.25) is 9.10 Å². The Hall–Kier alpha value is -1.31. The number of carbonyl (C=O) groups is 1. The van der Waals surface area contributed by atoms with Gasteiger partial charge in [0.15, 0.2) is 0 Å². The fourth-order valence-electron chi connectivity index (χ4n) is 3.92. The summed E-state index contributed by atoms with van der Waals surface area (Å²) in [7, 11) is -5.48. The summed E-state index contributed by atoms with van der Waals surface area (Å²) >= 11 is 0. The molecule has 0 saturated heterocycles. The molecule has 0 aromatic heterocycles. The first-order valence-corrected chi connectivity index (χ1v) is 8.05. The van der Waals surface area contributed by atoms with Crippen molar-refractivity contribution in [3.63, 3.8) is 0 Å². The van der Waals surface area contributed by atoms with Crippen molar-refractivity contribution in [2.24, 2.45) is 17.3 Å². The largest absolute Gasteiger partial charge is 0.516 e. The molecule has 0 N–H and O–H groups in total. The van der Waals surface area contributed by atoms with Crippen LogP contribution in [0.1, 0.15) is 19.8 Å². The van der Waals surface area contributed by atoms with E-state index in [0.717, 1.165) is 6.20 Å². The van der Waals surface area contributed by atoms with E-state index in [1.165, 1.54) is 13.0 Å². The first-order valence-electron chi connectivity index (χ1n) is 6.61. The van der Waals surface area contributed by atoms with Crippen LogP contribution in [0, 0.1) is 17.3 Å². The number of halogens is 3. The predicted octanol–water partition coefficient (Wildman–Crippen LogP) is 2.21. The minimum Gasteiger partial charge on any atom is -0.299 e.